The first-order valence-corrected chi connectivity index (χ1v) is 5.90. The van der Waals surface area contributed by atoms with Crippen molar-refractivity contribution >= 4 is 5.97 Å². The van der Waals surface area contributed by atoms with Crippen molar-refractivity contribution in [1.29, 1.82) is 0 Å². The molecule has 0 bridgehead atoms. The summed E-state index contributed by atoms with van der Waals surface area (Å²) < 4.78 is 5.29. The number of ether oxygens (including phenoxy) is 1. The highest BCUT2D eigenvalue weighted by Gasteiger charge is 2.45. The summed E-state index contributed by atoms with van der Waals surface area (Å²) in [5.41, 5.74) is -0.667. The molecule has 5 heteroatoms. The van der Waals surface area contributed by atoms with E-state index in [-0.39, 0.29) is 0 Å². The highest BCUT2D eigenvalue weighted by atomic mass is 16.5. The van der Waals surface area contributed by atoms with Crippen LogP contribution in [0, 0.1) is 0 Å². The first-order chi connectivity index (χ1) is 7.65. The van der Waals surface area contributed by atoms with Crippen LogP contribution in [0.2, 0.25) is 0 Å². The summed E-state index contributed by atoms with van der Waals surface area (Å²) in [6.07, 6.45) is 1.23. The van der Waals surface area contributed by atoms with Crippen molar-refractivity contribution < 1.29 is 14.6 Å². The lowest BCUT2D eigenvalue weighted by Crippen LogP contribution is -2.62. The van der Waals surface area contributed by atoms with Crippen LogP contribution in [0.5, 0.6) is 0 Å². The highest BCUT2D eigenvalue weighted by Crippen LogP contribution is 2.29. The molecule has 16 heavy (non-hydrogen) atoms. The molecule has 2 heterocycles. The molecule has 0 aromatic carbocycles. The topological polar surface area (TPSA) is 53.0 Å². The Kier molecular flexibility index (Phi) is 3.47. The SMILES string of the molecule is CN1CCN(C2(C(=O)O)CCOCC2)CC1. The zero-order chi connectivity index (χ0) is 11.6. The molecule has 0 saturated carbocycles. The maximum absolute atomic E-state index is 11.5. The fourth-order valence-electron chi connectivity index (χ4n) is 2.61. The lowest BCUT2D eigenvalue weighted by Gasteiger charge is -2.46. The number of carboxylic acid groups (broad SMARTS) is 1. The molecule has 0 atom stereocenters. The maximum atomic E-state index is 11.5. The molecule has 2 aliphatic heterocycles. The summed E-state index contributed by atoms with van der Waals surface area (Å²) in [6, 6.07) is 0. The summed E-state index contributed by atoms with van der Waals surface area (Å²) >= 11 is 0. The van der Waals surface area contributed by atoms with Gasteiger partial charge in [0.15, 0.2) is 0 Å². The summed E-state index contributed by atoms with van der Waals surface area (Å²) in [6.45, 7) is 4.74. The Bertz CT molecular complexity index is 256. The molecule has 2 rings (SSSR count). The number of rotatable bonds is 2. The summed E-state index contributed by atoms with van der Waals surface area (Å²) in [7, 11) is 2.08. The number of likely N-dealkylation sites (N-methyl/N-ethyl adjacent to an activating group) is 1. The van der Waals surface area contributed by atoms with E-state index < -0.39 is 11.5 Å². The molecule has 92 valence electrons. The second-order valence-electron chi connectivity index (χ2n) is 4.74. The van der Waals surface area contributed by atoms with Crippen molar-refractivity contribution in [2.45, 2.75) is 18.4 Å². The Hall–Kier alpha value is -0.650. The fourth-order valence-corrected chi connectivity index (χ4v) is 2.61. The molecule has 0 unspecified atom stereocenters. The van der Waals surface area contributed by atoms with Crippen LogP contribution >= 0.6 is 0 Å². The van der Waals surface area contributed by atoms with Crippen molar-refractivity contribution in [3.8, 4) is 0 Å². The lowest BCUT2D eigenvalue weighted by atomic mass is 9.87. The fraction of sp³-hybridized carbons (Fsp3) is 0.909. The number of piperazine rings is 1. The minimum Gasteiger partial charge on any atom is -0.480 e. The number of carboxylic acids is 1. The van der Waals surface area contributed by atoms with Gasteiger partial charge in [-0.2, -0.15) is 0 Å². The number of aliphatic carboxylic acids is 1. The van der Waals surface area contributed by atoms with Crippen LogP contribution in [0.1, 0.15) is 12.8 Å². The molecular formula is C11H20N2O3. The highest BCUT2D eigenvalue weighted by molar-refractivity contribution is 5.79. The van der Waals surface area contributed by atoms with Gasteiger partial charge in [-0.1, -0.05) is 0 Å². The molecule has 0 amide bonds. The van der Waals surface area contributed by atoms with Crippen LogP contribution in [-0.4, -0.2) is 72.9 Å². The van der Waals surface area contributed by atoms with E-state index in [2.05, 4.69) is 16.8 Å². The van der Waals surface area contributed by atoms with Gasteiger partial charge in [-0.15, -0.1) is 0 Å². The van der Waals surface area contributed by atoms with Crippen molar-refractivity contribution in [1.82, 2.24) is 9.80 Å². The normalized spacial score (nSPS) is 27.8. The number of hydrogen-bond acceptors (Lipinski definition) is 4. The van der Waals surface area contributed by atoms with E-state index in [0.717, 1.165) is 26.2 Å². The Balaban J connectivity index is 2.09. The van der Waals surface area contributed by atoms with Crippen molar-refractivity contribution in [2.75, 3.05) is 46.4 Å². The Morgan fingerprint density at radius 3 is 2.25 bits per heavy atom. The van der Waals surface area contributed by atoms with Crippen LogP contribution in [0.15, 0.2) is 0 Å². The van der Waals surface area contributed by atoms with Crippen LogP contribution in [0.3, 0.4) is 0 Å². The average Bonchev–Trinajstić information content (AvgIpc) is 2.30. The second-order valence-corrected chi connectivity index (χ2v) is 4.74. The zero-order valence-corrected chi connectivity index (χ0v) is 9.81. The maximum Gasteiger partial charge on any atom is 0.324 e. The number of hydrogen-bond donors (Lipinski definition) is 1. The quantitative estimate of drug-likeness (QED) is 0.713. The molecule has 0 aliphatic carbocycles. The third-order valence-electron chi connectivity index (χ3n) is 3.83. The lowest BCUT2D eigenvalue weighted by molar-refractivity contribution is -0.160. The van der Waals surface area contributed by atoms with E-state index >= 15 is 0 Å². The van der Waals surface area contributed by atoms with E-state index in [1.165, 1.54) is 0 Å². The van der Waals surface area contributed by atoms with Gasteiger partial charge in [-0.3, -0.25) is 9.69 Å². The van der Waals surface area contributed by atoms with Crippen LogP contribution in [0.4, 0.5) is 0 Å². The number of nitrogens with zero attached hydrogens (tertiary/aromatic N) is 2. The van der Waals surface area contributed by atoms with E-state index in [4.69, 9.17) is 4.74 Å². The molecule has 0 spiro atoms. The van der Waals surface area contributed by atoms with Gasteiger partial charge in [0.1, 0.15) is 5.54 Å². The summed E-state index contributed by atoms with van der Waals surface area (Å²) in [5.74, 6) is -0.680. The van der Waals surface area contributed by atoms with E-state index in [0.29, 0.717) is 26.1 Å². The van der Waals surface area contributed by atoms with Gasteiger partial charge in [-0.05, 0) is 19.9 Å². The van der Waals surface area contributed by atoms with E-state index in [1.807, 2.05) is 0 Å². The predicted molar refractivity (Wildman–Crippen MR) is 59.5 cm³/mol. The molecule has 2 fully saturated rings. The smallest absolute Gasteiger partial charge is 0.324 e. The first-order valence-electron chi connectivity index (χ1n) is 5.90. The minimum atomic E-state index is -0.680. The second kappa shape index (κ2) is 4.69. The Morgan fingerprint density at radius 2 is 1.75 bits per heavy atom. The van der Waals surface area contributed by atoms with Crippen LogP contribution in [-0.2, 0) is 9.53 Å². The van der Waals surface area contributed by atoms with Crippen LogP contribution < -0.4 is 0 Å². The molecule has 1 N–H and O–H groups in total. The summed E-state index contributed by atoms with van der Waals surface area (Å²) in [4.78, 5) is 15.9. The largest absolute Gasteiger partial charge is 0.480 e. The Morgan fingerprint density at radius 1 is 1.19 bits per heavy atom. The molecule has 0 radical (unpaired) electrons. The van der Waals surface area contributed by atoms with Gasteiger partial charge >= 0.3 is 5.97 Å². The van der Waals surface area contributed by atoms with Crippen molar-refractivity contribution in [3.05, 3.63) is 0 Å². The third kappa shape index (κ3) is 2.07. The monoisotopic (exact) mass is 228 g/mol. The summed E-state index contributed by atoms with van der Waals surface area (Å²) in [5, 5.41) is 9.50. The molecule has 0 aromatic heterocycles. The van der Waals surface area contributed by atoms with Gasteiger partial charge in [0, 0.05) is 39.4 Å². The van der Waals surface area contributed by atoms with E-state index in [9.17, 15) is 9.90 Å². The van der Waals surface area contributed by atoms with Gasteiger partial charge in [-0.25, -0.2) is 0 Å². The van der Waals surface area contributed by atoms with E-state index in [1.54, 1.807) is 0 Å². The minimum absolute atomic E-state index is 0.568. The zero-order valence-electron chi connectivity index (χ0n) is 9.81. The van der Waals surface area contributed by atoms with Crippen molar-refractivity contribution in [2.24, 2.45) is 0 Å². The van der Waals surface area contributed by atoms with Gasteiger partial charge in [0.2, 0.25) is 0 Å². The molecular weight excluding hydrogens is 208 g/mol. The molecule has 5 nitrogen and oxygen atoms in total. The Labute approximate surface area is 96.0 Å². The molecule has 2 aliphatic rings. The predicted octanol–water partition coefficient (Wildman–Crippen LogP) is -0.132. The van der Waals surface area contributed by atoms with Gasteiger partial charge in [0.25, 0.3) is 0 Å². The van der Waals surface area contributed by atoms with Crippen molar-refractivity contribution in [3.63, 3.8) is 0 Å². The first kappa shape index (κ1) is 11.8. The third-order valence-corrected chi connectivity index (χ3v) is 3.83. The van der Waals surface area contributed by atoms with Gasteiger partial charge in [0.05, 0.1) is 0 Å². The average molecular weight is 228 g/mol. The number of carbonyl (C=O) groups is 1. The van der Waals surface area contributed by atoms with Crippen LogP contribution in [0.25, 0.3) is 0 Å². The molecule has 2 saturated heterocycles. The molecule has 0 aromatic rings. The standard InChI is InChI=1S/C11H20N2O3/c1-12-4-6-13(7-5-12)11(10(14)15)2-8-16-9-3-11/h2-9H2,1H3,(H,14,15). The van der Waals surface area contributed by atoms with Gasteiger partial charge < -0.3 is 14.7 Å².